The smallest absolute Gasteiger partial charge is 0.322 e. The number of benzene rings is 2. The molecule has 8 nitrogen and oxygen atoms in total. The number of nitrogens with zero attached hydrogens (tertiary/aromatic N) is 3. The maximum absolute atomic E-state index is 12.7. The first-order valence-corrected chi connectivity index (χ1v) is 10.6. The van der Waals surface area contributed by atoms with Crippen LogP contribution in [0.1, 0.15) is 38.3 Å². The van der Waals surface area contributed by atoms with Crippen LogP contribution < -0.4 is 14.8 Å². The minimum absolute atomic E-state index is 0.173. The Labute approximate surface area is 186 Å². The van der Waals surface area contributed by atoms with E-state index in [0.29, 0.717) is 30.6 Å². The first-order chi connectivity index (χ1) is 15.5. The van der Waals surface area contributed by atoms with Crippen molar-refractivity contribution in [1.29, 1.82) is 0 Å². The first-order valence-electron chi connectivity index (χ1n) is 10.6. The summed E-state index contributed by atoms with van der Waals surface area (Å²) in [4.78, 5) is 19.0. The SMILES string of the molecule is CCOc1ccc(-c2noc(C3=C(C)N(CC)C(=O)NC3c3cccc(OC)c3)n2)cc1. The highest BCUT2D eigenvalue weighted by Crippen LogP contribution is 2.38. The Balaban J connectivity index is 1.75. The van der Waals surface area contributed by atoms with E-state index in [9.17, 15) is 4.79 Å². The highest BCUT2D eigenvalue weighted by molar-refractivity contribution is 5.86. The Kier molecular flexibility index (Phi) is 6.11. The maximum Gasteiger partial charge on any atom is 0.322 e. The van der Waals surface area contributed by atoms with Crippen LogP contribution in [0.5, 0.6) is 11.5 Å². The number of rotatable bonds is 7. The number of hydrogen-bond acceptors (Lipinski definition) is 6. The molecule has 32 heavy (non-hydrogen) atoms. The predicted octanol–water partition coefficient (Wildman–Crippen LogP) is 4.66. The number of carbonyl (C=O) groups is 1. The summed E-state index contributed by atoms with van der Waals surface area (Å²) in [5.41, 5.74) is 3.20. The quantitative estimate of drug-likeness (QED) is 0.582. The Bertz CT molecular complexity index is 1140. The van der Waals surface area contributed by atoms with Gasteiger partial charge in [-0.3, -0.25) is 4.90 Å². The Morgan fingerprint density at radius 2 is 1.91 bits per heavy atom. The van der Waals surface area contributed by atoms with E-state index in [1.165, 1.54) is 0 Å². The predicted molar refractivity (Wildman–Crippen MR) is 120 cm³/mol. The number of aromatic nitrogens is 2. The molecule has 0 spiro atoms. The molecule has 166 valence electrons. The molecule has 0 aliphatic carbocycles. The second-order valence-corrected chi connectivity index (χ2v) is 7.28. The Morgan fingerprint density at radius 3 is 2.59 bits per heavy atom. The highest BCUT2D eigenvalue weighted by Gasteiger charge is 2.35. The van der Waals surface area contributed by atoms with Crippen molar-refractivity contribution >= 4 is 11.6 Å². The molecular weight excluding hydrogens is 408 g/mol. The van der Waals surface area contributed by atoms with Crippen molar-refractivity contribution in [2.45, 2.75) is 26.8 Å². The zero-order valence-electron chi connectivity index (χ0n) is 18.6. The van der Waals surface area contributed by atoms with Gasteiger partial charge in [0, 0.05) is 17.8 Å². The van der Waals surface area contributed by atoms with Gasteiger partial charge in [0.15, 0.2) is 0 Å². The average molecular weight is 434 g/mol. The highest BCUT2D eigenvalue weighted by atomic mass is 16.5. The molecule has 3 aromatic rings. The molecule has 0 bridgehead atoms. The van der Waals surface area contributed by atoms with Crippen LogP contribution >= 0.6 is 0 Å². The van der Waals surface area contributed by atoms with Crippen molar-refractivity contribution in [1.82, 2.24) is 20.4 Å². The molecular formula is C24H26N4O4. The number of ether oxygens (including phenoxy) is 2. The van der Waals surface area contributed by atoms with Crippen LogP contribution in [0.3, 0.4) is 0 Å². The molecule has 1 aliphatic rings. The van der Waals surface area contributed by atoms with Crippen LogP contribution in [0.2, 0.25) is 0 Å². The summed E-state index contributed by atoms with van der Waals surface area (Å²) in [6, 6.07) is 14.5. The zero-order valence-corrected chi connectivity index (χ0v) is 18.6. The van der Waals surface area contributed by atoms with E-state index in [1.54, 1.807) is 12.0 Å². The number of hydrogen-bond donors (Lipinski definition) is 1. The van der Waals surface area contributed by atoms with Crippen molar-refractivity contribution in [2.24, 2.45) is 0 Å². The molecule has 0 fully saturated rings. The van der Waals surface area contributed by atoms with E-state index in [0.717, 1.165) is 28.1 Å². The molecule has 1 atom stereocenters. The molecule has 2 amide bonds. The second-order valence-electron chi connectivity index (χ2n) is 7.28. The minimum Gasteiger partial charge on any atom is -0.497 e. The summed E-state index contributed by atoms with van der Waals surface area (Å²) >= 11 is 0. The van der Waals surface area contributed by atoms with Crippen LogP contribution in [-0.4, -0.2) is 41.3 Å². The lowest BCUT2D eigenvalue weighted by molar-refractivity contribution is 0.207. The van der Waals surface area contributed by atoms with E-state index in [4.69, 9.17) is 14.0 Å². The summed E-state index contributed by atoms with van der Waals surface area (Å²) in [7, 11) is 1.61. The summed E-state index contributed by atoms with van der Waals surface area (Å²) < 4.78 is 16.6. The number of allylic oxidation sites excluding steroid dienone is 1. The average Bonchev–Trinajstić information content (AvgIpc) is 3.29. The van der Waals surface area contributed by atoms with Crippen LogP contribution in [0.15, 0.2) is 58.8 Å². The lowest BCUT2D eigenvalue weighted by Gasteiger charge is -2.34. The van der Waals surface area contributed by atoms with Gasteiger partial charge in [0.25, 0.3) is 5.89 Å². The number of methoxy groups -OCH3 is 1. The van der Waals surface area contributed by atoms with Crippen molar-refractivity contribution in [2.75, 3.05) is 20.3 Å². The third-order valence-corrected chi connectivity index (χ3v) is 5.42. The fourth-order valence-corrected chi connectivity index (χ4v) is 3.83. The topological polar surface area (TPSA) is 89.7 Å². The van der Waals surface area contributed by atoms with Gasteiger partial charge in [-0.15, -0.1) is 0 Å². The number of urea groups is 1. The summed E-state index contributed by atoms with van der Waals surface area (Å²) in [5, 5.41) is 7.25. The van der Waals surface area contributed by atoms with Crippen LogP contribution in [0.25, 0.3) is 17.0 Å². The molecule has 1 N–H and O–H groups in total. The van der Waals surface area contributed by atoms with E-state index in [-0.39, 0.29) is 6.03 Å². The summed E-state index contributed by atoms with van der Waals surface area (Å²) in [5.74, 6) is 2.31. The third-order valence-electron chi connectivity index (χ3n) is 5.42. The van der Waals surface area contributed by atoms with Gasteiger partial charge < -0.3 is 19.3 Å². The van der Waals surface area contributed by atoms with E-state index in [2.05, 4.69) is 15.5 Å². The van der Waals surface area contributed by atoms with Crippen LogP contribution in [0, 0.1) is 0 Å². The zero-order chi connectivity index (χ0) is 22.7. The van der Waals surface area contributed by atoms with Gasteiger partial charge in [-0.05, 0) is 62.7 Å². The van der Waals surface area contributed by atoms with E-state index < -0.39 is 6.04 Å². The largest absolute Gasteiger partial charge is 0.497 e. The van der Waals surface area contributed by atoms with E-state index in [1.807, 2.05) is 69.3 Å². The molecule has 1 aliphatic heterocycles. The lowest BCUT2D eigenvalue weighted by Crippen LogP contribution is -2.45. The molecule has 0 radical (unpaired) electrons. The van der Waals surface area contributed by atoms with Gasteiger partial charge in [-0.25, -0.2) is 4.79 Å². The number of carbonyl (C=O) groups excluding carboxylic acids is 1. The van der Waals surface area contributed by atoms with Gasteiger partial charge >= 0.3 is 6.03 Å². The fraction of sp³-hybridized carbons (Fsp3) is 0.292. The molecule has 8 heteroatoms. The lowest BCUT2D eigenvalue weighted by atomic mass is 9.94. The van der Waals surface area contributed by atoms with Crippen LogP contribution in [0.4, 0.5) is 4.79 Å². The molecule has 4 rings (SSSR count). The maximum atomic E-state index is 12.7. The van der Waals surface area contributed by atoms with Gasteiger partial charge in [-0.1, -0.05) is 17.3 Å². The first kappa shape index (κ1) is 21.4. The molecule has 2 aromatic carbocycles. The van der Waals surface area contributed by atoms with Crippen molar-refractivity contribution < 1.29 is 18.8 Å². The number of amides is 2. The van der Waals surface area contributed by atoms with E-state index >= 15 is 0 Å². The third kappa shape index (κ3) is 4.03. The summed E-state index contributed by atoms with van der Waals surface area (Å²) in [6.07, 6.45) is 0. The Hall–Kier alpha value is -3.81. The molecule has 0 saturated heterocycles. The molecule has 0 saturated carbocycles. The van der Waals surface area contributed by atoms with Gasteiger partial charge in [0.1, 0.15) is 11.5 Å². The standard InChI is InChI=1S/C24H26N4O4/c1-5-28-15(3)20(21(25-24(28)29)17-8-7-9-19(14-17)30-4)23-26-22(27-32-23)16-10-12-18(13-11-16)31-6-2/h7-14,21H,5-6H2,1-4H3,(H,25,29). The number of nitrogens with one attached hydrogen (secondary N) is 1. The van der Waals surface area contributed by atoms with Crippen LogP contribution in [-0.2, 0) is 0 Å². The normalized spacial score (nSPS) is 16.2. The van der Waals surface area contributed by atoms with Gasteiger partial charge in [0.05, 0.1) is 25.3 Å². The van der Waals surface area contributed by atoms with Crippen molar-refractivity contribution in [3.05, 3.63) is 65.7 Å². The monoisotopic (exact) mass is 434 g/mol. The Morgan fingerprint density at radius 1 is 1.12 bits per heavy atom. The molecule has 1 aromatic heterocycles. The summed E-state index contributed by atoms with van der Waals surface area (Å²) in [6.45, 7) is 6.88. The minimum atomic E-state index is -0.450. The van der Waals surface area contributed by atoms with Gasteiger partial charge in [-0.2, -0.15) is 4.98 Å². The van der Waals surface area contributed by atoms with Gasteiger partial charge in [0.2, 0.25) is 5.82 Å². The van der Waals surface area contributed by atoms with Crippen molar-refractivity contribution in [3.63, 3.8) is 0 Å². The molecule has 2 heterocycles. The molecule has 1 unspecified atom stereocenters. The second kappa shape index (κ2) is 9.13. The van der Waals surface area contributed by atoms with Crippen molar-refractivity contribution in [3.8, 4) is 22.9 Å². The fourth-order valence-electron chi connectivity index (χ4n) is 3.83.